The van der Waals surface area contributed by atoms with Gasteiger partial charge in [0.1, 0.15) is 23.9 Å². The lowest BCUT2D eigenvalue weighted by Gasteiger charge is -2.13. The molecule has 2 heterocycles. The number of hydrogen-bond donors (Lipinski definition) is 3. The van der Waals surface area contributed by atoms with E-state index in [0.29, 0.717) is 42.1 Å². The van der Waals surface area contributed by atoms with Crippen LogP contribution in [0.1, 0.15) is 23.8 Å². The first kappa shape index (κ1) is 28.9. The molecule has 3 aromatic carbocycles. The maximum atomic E-state index is 14.0. The molecule has 0 radical (unpaired) electrons. The Bertz CT molecular complexity index is 1650. The van der Waals surface area contributed by atoms with Crippen LogP contribution in [0, 0.1) is 5.82 Å². The zero-order chi connectivity index (χ0) is 29.9. The second kappa shape index (κ2) is 14.3. The van der Waals surface area contributed by atoms with E-state index in [0.717, 1.165) is 22.8 Å². The highest BCUT2D eigenvalue weighted by Gasteiger charge is 2.10. The van der Waals surface area contributed by atoms with Crippen molar-refractivity contribution in [1.82, 2.24) is 15.0 Å². The van der Waals surface area contributed by atoms with E-state index in [4.69, 9.17) is 18.6 Å². The van der Waals surface area contributed by atoms with Gasteiger partial charge in [-0.25, -0.2) is 9.82 Å². The van der Waals surface area contributed by atoms with Crippen molar-refractivity contribution in [1.29, 1.82) is 0 Å². The molecule has 0 aliphatic carbocycles. The Labute approximate surface area is 247 Å². The number of rotatable bonds is 14. The summed E-state index contributed by atoms with van der Waals surface area (Å²) in [5.74, 6) is 2.96. The second-order valence-corrected chi connectivity index (χ2v) is 8.98. The quantitative estimate of drug-likeness (QED) is 0.0999. The summed E-state index contributed by atoms with van der Waals surface area (Å²) in [6.07, 6.45) is 3.20. The van der Waals surface area contributed by atoms with Gasteiger partial charge in [0.15, 0.2) is 11.5 Å². The highest BCUT2D eigenvalue weighted by atomic mass is 19.1. The highest BCUT2D eigenvalue weighted by molar-refractivity contribution is 5.81. The Hall–Kier alpha value is -5.65. The van der Waals surface area contributed by atoms with Gasteiger partial charge in [0.05, 0.1) is 32.7 Å². The molecule has 3 N–H and O–H groups in total. The first-order chi connectivity index (χ1) is 21.1. The maximum Gasteiger partial charge on any atom is 0.250 e. The lowest BCUT2D eigenvalue weighted by atomic mass is 10.2. The van der Waals surface area contributed by atoms with Crippen LogP contribution >= 0.6 is 0 Å². The van der Waals surface area contributed by atoms with Crippen molar-refractivity contribution in [3.63, 3.8) is 0 Å². The molecule has 2 aromatic heterocycles. The van der Waals surface area contributed by atoms with Gasteiger partial charge in [-0.05, 0) is 73.2 Å². The molecule has 0 spiro atoms. The topological polar surface area (TPSA) is 128 Å². The van der Waals surface area contributed by atoms with Gasteiger partial charge < -0.3 is 29.3 Å². The van der Waals surface area contributed by atoms with Gasteiger partial charge in [0.2, 0.25) is 17.8 Å². The van der Waals surface area contributed by atoms with Crippen molar-refractivity contribution in [2.45, 2.75) is 20.1 Å². The number of anilines is 4. The summed E-state index contributed by atoms with van der Waals surface area (Å²) >= 11 is 0. The van der Waals surface area contributed by atoms with Crippen molar-refractivity contribution in [2.24, 2.45) is 5.10 Å². The minimum atomic E-state index is -0.324. The predicted octanol–water partition coefficient (Wildman–Crippen LogP) is 6.39. The Morgan fingerprint density at radius 3 is 2.47 bits per heavy atom. The average molecular weight is 584 g/mol. The van der Waals surface area contributed by atoms with Crippen LogP contribution in [0.5, 0.6) is 17.2 Å². The largest absolute Gasteiger partial charge is 0.497 e. The Kier molecular flexibility index (Phi) is 9.60. The fourth-order valence-electron chi connectivity index (χ4n) is 3.87. The van der Waals surface area contributed by atoms with E-state index in [1.165, 1.54) is 6.07 Å². The van der Waals surface area contributed by atoms with Crippen molar-refractivity contribution in [3.8, 4) is 17.2 Å². The van der Waals surface area contributed by atoms with Crippen LogP contribution < -0.4 is 30.3 Å². The molecule has 5 aromatic rings. The summed E-state index contributed by atoms with van der Waals surface area (Å²) in [6, 6.07) is 22.8. The summed E-state index contributed by atoms with van der Waals surface area (Å²) in [5.41, 5.74) is 4.81. The van der Waals surface area contributed by atoms with Crippen LogP contribution in [0.15, 0.2) is 94.6 Å². The second-order valence-electron chi connectivity index (χ2n) is 8.98. The zero-order valence-corrected chi connectivity index (χ0v) is 23.6. The number of hydrazone groups is 1. The van der Waals surface area contributed by atoms with Crippen LogP contribution in [-0.4, -0.2) is 34.9 Å². The molecule has 220 valence electrons. The number of hydrogen-bond acceptors (Lipinski definition) is 11. The summed E-state index contributed by atoms with van der Waals surface area (Å²) in [7, 11) is 1.61. The minimum Gasteiger partial charge on any atom is -0.497 e. The number of nitrogens with zero attached hydrogens (tertiary/aromatic N) is 4. The monoisotopic (exact) mass is 583 g/mol. The van der Waals surface area contributed by atoms with Crippen LogP contribution in [0.3, 0.4) is 0 Å². The normalized spacial score (nSPS) is 10.9. The molecular weight excluding hydrogens is 553 g/mol. The third-order valence-electron chi connectivity index (χ3n) is 5.97. The molecule has 11 nitrogen and oxygen atoms in total. The Morgan fingerprint density at radius 2 is 1.70 bits per heavy atom. The molecule has 0 aliphatic rings. The summed E-state index contributed by atoms with van der Waals surface area (Å²) in [6.45, 7) is 2.76. The number of aromatic nitrogens is 3. The van der Waals surface area contributed by atoms with E-state index >= 15 is 0 Å². The smallest absolute Gasteiger partial charge is 0.250 e. The van der Waals surface area contributed by atoms with Crippen molar-refractivity contribution in [2.75, 3.05) is 29.8 Å². The molecule has 0 saturated carbocycles. The molecule has 0 bridgehead atoms. The number of benzene rings is 3. The first-order valence-electron chi connectivity index (χ1n) is 13.4. The van der Waals surface area contributed by atoms with E-state index < -0.39 is 0 Å². The number of nitrogens with one attached hydrogen (secondary N) is 3. The molecule has 0 amide bonds. The number of methoxy groups -OCH3 is 1. The third kappa shape index (κ3) is 8.19. The standard InChI is InChI=1S/C31H30FN7O4/c1-3-41-28-17-21(10-15-27(28)43-20-22-7-4-5-9-26(22)32)18-34-39-31-37-29(33-19-25-8-6-16-42-25)36-30(38-31)35-23-11-13-24(40-2)14-12-23/h4-18H,3,19-20H2,1-2H3,(H3,33,35,36,37,38,39)/b34-18-. The van der Waals surface area contributed by atoms with Crippen LogP contribution in [-0.2, 0) is 13.2 Å². The van der Waals surface area contributed by atoms with Gasteiger partial charge in [-0.1, -0.05) is 18.2 Å². The van der Waals surface area contributed by atoms with Gasteiger partial charge in [-0.3, -0.25) is 0 Å². The lowest BCUT2D eigenvalue weighted by molar-refractivity contribution is 0.266. The molecule has 0 aliphatic heterocycles. The Morgan fingerprint density at radius 1 is 0.884 bits per heavy atom. The molecule has 12 heteroatoms. The molecule has 0 unspecified atom stereocenters. The third-order valence-corrected chi connectivity index (χ3v) is 5.97. The summed E-state index contributed by atoms with van der Waals surface area (Å²) in [4.78, 5) is 13.3. The average Bonchev–Trinajstić information content (AvgIpc) is 3.55. The first-order valence-corrected chi connectivity index (χ1v) is 13.4. The van der Waals surface area contributed by atoms with Gasteiger partial charge in [-0.15, -0.1) is 0 Å². The molecule has 0 atom stereocenters. The SMILES string of the molecule is CCOc1cc(/C=N\Nc2nc(NCc3ccco3)nc(Nc3ccc(OC)cc3)n2)ccc1OCc1ccccc1F. The van der Waals surface area contributed by atoms with Crippen molar-refractivity contribution in [3.05, 3.63) is 108 Å². The fourth-order valence-corrected chi connectivity index (χ4v) is 3.87. The van der Waals surface area contributed by atoms with Crippen LogP contribution in [0.25, 0.3) is 0 Å². The predicted molar refractivity (Wildman–Crippen MR) is 162 cm³/mol. The van der Waals surface area contributed by atoms with Gasteiger partial charge in [0.25, 0.3) is 0 Å². The van der Waals surface area contributed by atoms with Crippen LogP contribution in [0.2, 0.25) is 0 Å². The zero-order valence-electron chi connectivity index (χ0n) is 23.6. The number of furan rings is 1. The molecule has 0 saturated heterocycles. The van der Waals surface area contributed by atoms with Gasteiger partial charge >= 0.3 is 0 Å². The fraction of sp³-hybridized carbons (Fsp3) is 0.161. The Balaban J connectivity index is 1.30. The lowest BCUT2D eigenvalue weighted by Crippen LogP contribution is -2.09. The molecule has 0 fully saturated rings. The minimum absolute atomic E-state index is 0.0737. The van der Waals surface area contributed by atoms with E-state index in [1.54, 1.807) is 49.9 Å². The van der Waals surface area contributed by atoms with E-state index in [2.05, 4.69) is 36.1 Å². The van der Waals surface area contributed by atoms with Crippen molar-refractivity contribution >= 4 is 29.7 Å². The highest BCUT2D eigenvalue weighted by Crippen LogP contribution is 2.29. The van der Waals surface area contributed by atoms with E-state index in [-0.39, 0.29) is 18.4 Å². The number of halogens is 1. The van der Waals surface area contributed by atoms with Gasteiger partial charge in [0, 0.05) is 11.3 Å². The van der Waals surface area contributed by atoms with E-state index in [1.807, 2.05) is 49.4 Å². The van der Waals surface area contributed by atoms with Gasteiger partial charge in [-0.2, -0.15) is 20.1 Å². The maximum absolute atomic E-state index is 14.0. The molecular formula is C31H30FN7O4. The summed E-state index contributed by atoms with van der Waals surface area (Å²) < 4.78 is 36.2. The van der Waals surface area contributed by atoms with Crippen LogP contribution in [0.4, 0.5) is 27.9 Å². The van der Waals surface area contributed by atoms with Crippen molar-refractivity contribution < 1.29 is 23.0 Å². The summed E-state index contributed by atoms with van der Waals surface area (Å²) in [5, 5.41) is 10.6. The van der Waals surface area contributed by atoms with E-state index in [9.17, 15) is 4.39 Å². The molecule has 43 heavy (non-hydrogen) atoms. The number of ether oxygens (including phenoxy) is 3. The molecule has 5 rings (SSSR count).